The Morgan fingerprint density at radius 2 is 1.92 bits per heavy atom. The molecule has 0 aliphatic carbocycles. The molecular weight excluding hydrogens is 326 g/mol. The van der Waals surface area contributed by atoms with Crippen molar-refractivity contribution in [2.75, 3.05) is 13.7 Å². The number of hydrogen-bond acceptors (Lipinski definition) is 5. The second kappa shape index (κ2) is 9.15. The van der Waals surface area contributed by atoms with Gasteiger partial charge in [0.15, 0.2) is 11.5 Å². The molecule has 1 aromatic rings. The third-order valence-electron chi connectivity index (χ3n) is 3.12. The van der Waals surface area contributed by atoms with Gasteiger partial charge < -0.3 is 24.6 Å². The van der Waals surface area contributed by atoms with Crippen LogP contribution in [0.25, 0.3) is 0 Å². The van der Waals surface area contributed by atoms with Crippen LogP contribution in [-0.2, 0) is 16.0 Å². The molecule has 140 valence electrons. The monoisotopic (exact) mass is 353 g/mol. The van der Waals surface area contributed by atoms with Gasteiger partial charge in [0, 0.05) is 6.42 Å². The van der Waals surface area contributed by atoms with E-state index >= 15 is 0 Å². The highest BCUT2D eigenvalue weighted by Gasteiger charge is 2.24. The third-order valence-corrected chi connectivity index (χ3v) is 3.12. The van der Waals surface area contributed by atoms with Gasteiger partial charge in [-0.05, 0) is 44.9 Å². The van der Waals surface area contributed by atoms with E-state index in [4.69, 9.17) is 14.2 Å². The Bertz CT molecular complexity index is 594. The predicted octanol–water partition coefficient (Wildman–Crippen LogP) is 3.00. The van der Waals surface area contributed by atoms with Crippen LogP contribution in [0.5, 0.6) is 11.5 Å². The summed E-state index contributed by atoms with van der Waals surface area (Å²) in [5.41, 5.74) is -0.00149. The van der Waals surface area contributed by atoms with Crippen molar-refractivity contribution in [1.29, 1.82) is 0 Å². The van der Waals surface area contributed by atoms with Crippen LogP contribution in [0.3, 0.4) is 0 Å². The van der Waals surface area contributed by atoms with E-state index in [1.165, 1.54) is 7.11 Å². The minimum Gasteiger partial charge on any atom is -0.493 e. The molecule has 0 saturated heterocycles. The fourth-order valence-electron chi connectivity index (χ4n) is 2.06. The first-order valence-electron chi connectivity index (χ1n) is 8.18. The predicted molar refractivity (Wildman–Crippen MR) is 93.3 cm³/mol. The van der Waals surface area contributed by atoms with Crippen LogP contribution in [0, 0.1) is 0 Å². The molecule has 0 radical (unpaired) electrons. The molecule has 2 N–H and O–H groups in total. The smallest absolute Gasteiger partial charge is 0.408 e. The normalized spacial score (nSPS) is 12.2. The van der Waals surface area contributed by atoms with Crippen LogP contribution in [0.4, 0.5) is 4.79 Å². The molecule has 1 aromatic carbocycles. The summed E-state index contributed by atoms with van der Waals surface area (Å²) in [6, 6.07) is 4.08. The molecule has 25 heavy (non-hydrogen) atoms. The summed E-state index contributed by atoms with van der Waals surface area (Å²) in [4.78, 5) is 23.3. The molecule has 0 spiro atoms. The molecular formula is C18H27NO6. The number of rotatable bonds is 8. The average molecular weight is 353 g/mol. The zero-order valence-corrected chi connectivity index (χ0v) is 15.4. The summed E-state index contributed by atoms with van der Waals surface area (Å²) >= 11 is 0. The number of methoxy groups -OCH3 is 1. The van der Waals surface area contributed by atoms with Gasteiger partial charge in [0.2, 0.25) is 0 Å². The fraction of sp³-hybridized carbons (Fsp3) is 0.556. The lowest BCUT2D eigenvalue weighted by Crippen LogP contribution is -2.44. The van der Waals surface area contributed by atoms with Crippen LogP contribution in [0.2, 0.25) is 0 Å². The highest BCUT2D eigenvalue weighted by molar-refractivity contribution is 5.80. The zero-order chi connectivity index (χ0) is 19.0. The Hall–Kier alpha value is -2.44. The second-order valence-electron chi connectivity index (χ2n) is 6.57. The largest absolute Gasteiger partial charge is 0.493 e. The van der Waals surface area contributed by atoms with Crippen molar-refractivity contribution in [1.82, 2.24) is 5.32 Å². The lowest BCUT2D eigenvalue weighted by Gasteiger charge is -2.22. The molecule has 0 aromatic heterocycles. The van der Waals surface area contributed by atoms with Gasteiger partial charge in [-0.15, -0.1) is 0 Å². The first-order valence-corrected chi connectivity index (χ1v) is 8.18. The van der Waals surface area contributed by atoms with Crippen LogP contribution in [-0.4, -0.2) is 42.5 Å². The van der Waals surface area contributed by atoms with Crippen molar-refractivity contribution in [3.05, 3.63) is 23.8 Å². The number of hydrogen-bond donors (Lipinski definition) is 2. The number of ether oxygens (including phenoxy) is 3. The van der Waals surface area contributed by atoms with E-state index in [-0.39, 0.29) is 6.42 Å². The third kappa shape index (κ3) is 7.32. The number of alkyl carbamates (subject to hydrolysis) is 1. The van der Waals surface area contributed by atoms with Crippen LogP contribution < -0.4 is 14.8 Å². The van der Waals surface area contributed by atoms with Crippen LogP contribution >= 0.6 is 0 Å². The molecule has 0 fully saturated rings. The molecule has 1 amide bonds. The minimum absolute atomic E-state index is 0.0962. The highest BCUT2D eigenvalue weighted by atomic mass is 16.6. The molecule has 1 unspecified atom stereocenters. The number of amides is 1. The van der Waals surface area contributed by atoms with Gasteiger partial charge in [0.05, 0.1) is 13.7 Å². The van der Waals surface area contributed by atoms with E-state index in [0.717, 1.165) is 6.42 Å². The fourth-order valence-corrected chi connectivity index (χ4v) is 2.06. The SMILES string of the molecule is CCCOc1ccc(CC(NC(=O)OC(C)(C)C)C(=O)O)cc1OC. The summed E-state index contributed by atoms with van der Waals surface area (Å²) in [6.45, 7) is 7.70. The Morgan fingerprint density at radius 1 is 1.24 bits per heavy atom. The molecule has 1 atom stereocenters. The summed E-state index contributed by atoms with van der Waals surface area (Å²) < 4.78 is 16.0. The zero-order valence-electron chi connectivity index (χ0n) is 15.4. The maximum Gasteiger partial charge on any atom is 0.408 e. The maximum atomic E-state index is 11.8. The van der Waals surface area contributed by atoms with E-state index < -0.39 is 23.7 Å². The van der Waals surface area contributed by atoms with E-state index in [2.05, 4.69) is 5.32 Å². The van der Waals surface area contributed by atoms with Gasteiger partial charge >= 0.3 is 12.1 Å². The van der Waals surface area contributed by atoms with Gasteiger partial charge in [-0.2, -0.15) is 0 Å². The van der Waals surface area contributed by atoms with Crippen molar-refractivity contribution in [2.24, 2.45) is 0 Å². The first kappa shape index (κ1) is 20.6. The average Bonchev–Trinajstić information content (AvgIpc) is 2.50. The van der Waals surface area contributed by atoms with Crippen molar-refractivity contribution in [3.63, 3.8) is 0 Å². The number of carboxylic acid groups (broad SMARTS) is 1. The Labute approximate surface area is 148 Å². The van der Waals surface area contributed by atoms with Crippen LogP contribution in [0.15, 0.2) is 18.2 Å². The Morgan fingerprint density at radius 3 is 2.44 bits per heavy atom. The standard InChI is InChI=1S/C18H27NO6/c1-6-9-24-14-8-7-12(11-15(14)23-5)10-13(16(20)21)19-17(22)25-18(2,3)4/h7-8,11,13H,6,9-10H2,1-5H3,(H,19,22)(H,20,21). The molecule has 0 bridgehead atoms. The lowest BCUT2D eigenvalue weighted by molar-refractivity contribution is -0.139. The summed E-state index contributed by atoms with van der Waals surface area (Å²) in [6.07, 6.45) is 0.194. The van der Waals surface area contributed by atoms with Crippen LogP contribution in [0.1, 0.15) is 39.7 Å². The number of carboxylic acids is 1. The first-order chi connectivity index (χ1) is 11.7. The Balaban J connectivity index is 2.84. The van der Waals surface area contributed by atoms with Gasteiger partial charge in [-0.1, -0.05) is 13.0 Å². The van der Waals surface area contributed by atoms with Crippen molar-refractivity contribution >= 4 is 12.1 Å². The van der Waals surface area contributed by atoms with Crippen molar-refractivity contribution in [3.8, 4) is 11.5 Å². The maximum absolute atomic E-state index is 11.8. The molecule has 0 heterocycles. The van der Waals surface area contributed by atoms with Gasteiger partial charge in [-0.3, -0.25) is 0 Å². The quantitative estimate of drug-likeness (QED) is 0.746. The topological polar surface area (TPSA) is 94.1 Å². The Kier molecular flexibility index (Phi) is 7.54. The summed E-state index contributed by atoms with van der Waals surface area (Å²) in [5, 5.41) is 11.7. The highest BCUT2D eigenvalue weighted by Crippen LogP contribution is 2.28. The van der Waals surface area contributed by atoms with Gasteiger partial charge in [0.25, 0.3) is 0 Å². The van der Waals surface area contributed by atoms with Crippen molar-refractivity contribution in [2.45, 2.75) is 52.2 Å². The number of nitrogens with one attached hydrogen (secondary N) is 1. The van der Waals surface area contributed by atoms with Crippen molar-refractivity contribution < 1.29 is 28.9 Å². The van der Waals surface area contributed by atoms with Gasteiger partial charge in [0.1, 0.15) is 11.6 Å². The summed E-state index contributed by atoms with van der Waals surface area (Å²) in [5.74, 6) is -0.0245. The van der Waals surface area contributed by atoms with E-state index in [9.17, 15) is 14.7 Å². The molecule has 7 heteroatoms. The molecule has 7 nitrogen and oxygen atoms in total. The number of aliphatic carboxylic acids is 1. The van der Waals surface area contributed by atoms with Gasteiger partial charge in [-0.25, -0.2) is 9.59 Å². The molecule has 0 saturated carbocycles. The lowest BCUT2D eigenvalue weighted by atomic mass is 10.1. The number of benzene rings is 1. The van der Waals surface area contributed by atoms with E-state index in [1.54, 1.807) is 39.0 Å². The molecule has 0 aliphatic heterocycles. The number of carbonyl (C=O) groups is 2. The second-order valence-corrected chi connectivity index (χ2v) is 6.57. The minimum atomic E-state index is -1.14. The molecule has 0 aliphatic rings. The number of carbonyl (C=O) groups excluding carboxylic acids is 1. The van der Waals surface area contributed by atoms with E-state index in [1.807, 2.05) is 6.92 Å². The van der Waals surface area contributed by atoms with E-state index in [0.29, 0.717) is 23.7 Å². The summed E-state index contributed by atoms with van der Waals surface area (Å²) in [7, 11) is 1.52. The molecule has 1 rings (SSSR count).